The molecule has 1 rings (SSSR count). The molecule has 136 valence electrons. The summed E-state index contributed by atoms with van der Waals surface area (Å²) in [6.45, 7) is 14.7. The second-order valence-corrected chi connectivity index (χ2v) is 9.01. The van der Waals surface area contributed by atoms with Gasteiger partial charge in [0.1, 0.15) is 5.75 Å². The summed E-state index contributed by atoms with van der Waals surface area (Å²) in [6.07, 6.45) is 6.35. The Kier molecular flexibility index (Phi) is 7.07. The van der Waals surface area contributed by atoms with Crippen molar-refractivity contribution in [3.05, 3.63) is 28.8 Å². The fourth-order valence-electron chi connectivity index (χ4n) is 2.97. The molecule has 2 nitrogen and oxygen atoms in total. The third-order valence-electron chi connectivity index (χ3n) is 4.56. The quantitative estimate of drug-likeness (QED) is 0.455. The van der Waals surface area contributed by atoms with Crippen LogP contribution in [0, 0.1) is 0 Å². The maximum atomic E-state index is 12.7. The number of rotatable bonds is 7. The Morgan fingerprint density at radius 3 is 1.75 bits per heavy atom. The van der Waals surface area contributed by atoms with Crippen LogP contribution in [0.4, 0.5) is 0 Å². The first-order valence-electron chi connectivity index (χ1n) is 9.39. The van der Waals surface area contributed by atoms with Crippen molar-refractivity contribution in [2.75, 3.05) is 0 Å². The van der Waals surface area contributed by atoms with Gasteiger partial charge in [0.25, 0.3) is 0 Å². The monoisotopic (exact) mass is 332 g/mol. The largest absolute Gasteiger partial charge is 0.507 e. The number of benzene rings is 1. The van der Waals surface area contributed by atoms with E-state index in [1.165, 1.54) is 19.3 Å². The third-order valence-corrected chi connectivity index (χ3v) is 4.56. The van der Waals surface area contributed by atoms with Crippen molar-refractivity contribution < 1.29 is 9.90 Å². The van der Waals surface area contributed by atoms with Gasteiger partial charge in [-0.05, 0) is 29.4 Å². The van der Waals surface area contributed by atoms with E-state index in [4.69, 9.17) is 0 Å². The van der Waals surface area contributed by atoms with E-state index in [0.29, 0.717) is 12.2 Å². The van der Waals surface area contributed by atoms with Crippen LogP contribution < -0.4 is 0 Å². The van der Waals surface area contributed by atoms with E-state index in [2.05, 4.69) is 48.5 Å². The summed E-state index contributed by atoms with van der Waals surface area (Å²) < 4.78 is 0. The number of aromatic hydroxyl groups is 1. The summed E-state index contributed by atoms with van der Waals surface area (Å²) in [5.74, 6) is 0.539. The molecule has 0 radical (unpaired) electrons. The van der Waals surface area contributed by atoms with Gasteiger partial charge in [-0.3, -0.25) is 4.79 Å². The Morgan fingerprint density at radius 1 is 0.875 bits per heavy atom. The number of unbranched alkanes of at least 4 members (excludes halogenated alkanes) is 4. The van der Waals surface area contributed by atoms with Gasteiger partial charge in [-0.1, -0.05) is 74.1 Å². The number of carbonyl (C=O) groups excluding carboxylic acids is 1. The highest BCUT2D eigenvalue weighted by Crippen LogP contribution is 2.40. The van der Waals surface area contributed by atoms with E-state index in [1.54, 1.807) is 0 Å². The van der Waals surface area contributed by atoms with Crippen LogP contribution in [0.5, 0.6) is 5.75 Å². The van der Waals surface area contributed by atoms with Gasteiger partial charge in [0.2, 0.25) is 0 Å². The highest BCUT2D eigenvalue weighted by Gasteiger charge is 2.27. The van der Waals surface area contributed by atoms with E-state index in [9.17, 15) is 9.90 Å². The summed E-state index contributed by atoms with van der Waals surface area (Å²) >= 11 is 0. The van der Waals surface area contributed by atoms with Crippen LogP contribution in [0.3, 0.4) is 0 Å². The van der Waals surface area contributed by atoms with E-state index in [1.807, 2.05) is 12.1 Å². The first-order chi connectivity index (χ1) is 11.0. The average molecular weight is 333 g/mol. The van der Waals surface area contributed by atoms with Crippen molar-refractivity contribution in [2.45, 2.75) is 97.8 Å². The lowest BCUT2D eigenvalue weighted by Gasteiger charge is -2.28. The van der Waals surface area contributed by atoms with Crippen LogP contribution in [-0.2, 0) is 10.8 Å². The minimum absolute atomic E-state index is 0.193. The van der Waals surface area contributed by atoms with Crippen molar-refractivity contribution in [2.24, 2.45) is 0 Å². The second kappa shape index (κ2) is 8.18. The number of phenols is 1. The lowest BCUT2D eigenvalue weighted by molar-refractivity contribution is 0.0979. The van der Waals surface area contributed by atoms with Crippen molar-refractivity contribution >= 4 is 5.78 Å². The summed E-state index contributed by atoms with van der Waals surface area (Å²) in [7, 11) is 0. The molecule has 0 spiro atoms. The molecule has 0 saturated carbocycles. The van der Waals surface area contributed by atoms with Gasteiger partial charge >= 0.3 is 0 Å². The molecule has 1 aromatic rings. The van der Waals surface area contributed by atoms with Gasteiger partial charge in [-0.2, -0.15) is 0 Å². The Morgan fingerprint density at radius 2 is 1.33 bits per heavy atom. The summed E-state index contributed by atoms with van der Waals surface area (Å²) in [6, 6.07) is 3.80. The second-order valence-electron chi connectivity index (χ2n) is 9.01. The number of ketones is 1. The van der Waals surface area contributed by atoms with E-state index >= 15 is 0 Å². The number of carbonyl (C=O) groups is 1. The SMILES string of the molecule is CCCCCCCC(=O)c1cc(C(C)(C)C)c(O)c(C(C)(C)C)c1. The van der Waals surface area contributed by atoms with Gasteiger partial charge in [-0.25, -0.2) is 0 Å². The molecule has 0 bridgehead atoms. The van der Waals surface area contributed by atoms with Crippen molar-refractivity contribution in [3.8, 4) is 5.75 Å². The van der Waals surface area contributed by atoms with Crippen molar-refractivity contribution in [3.63, 3.8) is 0 Å². The van der Waals surface area contributed by atoms with Gasteiger partial charge in [0, 0.05) is 23.1 Å². The minimum Gasteiger partial charge on any atom is -0.507 e. The predicted molar refractivity (Wildman–Crippen MR) is 103 cm³/mol. The fourth-order valence-corrected chi connectivity index (χ4v) is 2.97. The fraction of sp³-hybridized carbons (Fsp3) is 0.682. The summed E-state index contributed by atoms with van der Waals surface area (Å²) in [4.78, 5) is 12.7. The predicted octanol–water partition coefficient (Wildman–Crippen LogP) is 6.53. The molecule has 24 heavy (non-hydrogen) atoms. The smallest absolute Gasteiger partial charge is 0.162 e. The number of phenolic OH excluding ortho intramolecular Hbond substituents is 1. The summed E-state index contributed by atoms with van der Waals surface area (Å²) in [5.41, 5.74) is 2.09. The van der Waals surface area contributed by atoms with Crippen molar-refractivity contribution in [1.29, 1.82) is 0 Å². The van der Waals surface area contributed by atoms with Crippen LogP contribution >= 0.6 is 0 Å². The van der Waals surface area contributed by atoms with Crippen LogP contribution in [-0.4, -0.2) is 10.9 Å². The normalized spacial score (nSPS) is 12.5. The van der Waals surface area contributed by atoms with E-state index in [0.717, 1.165) is 29.5 Å². The van der Waals surface area contributed by atoms with E-state index < -0.39 is 0 Å². The lowest BCUT2D eigenvalue weighted by Crippen LogP contribution is -2.18. The Bertz CT molecular complexity index is 521. The highest BCUT2D eigenvalue weighted by atomic mass is 16.3. The molecule has 2 heteroatoms. The molecule has 1 aromatic carbocycles. The van der Waals surface area contributed by atoms with Crippen LogP contribution in [0.15, 0.2) is 12.1 Å². The zero-order valence-corrected chi connectivity index (χ0v) is 16.8. The zero-order valence-electron chi connectivity index (χ0n) is 16.8. The maximum Gasteiger partial charge on any atom is 0.162 e. The van der Waals surface area contributed by atoms with E-state index in [-0.39, 0.29) is 16.6 Å². The first-order valence-corrected chi connectivity index (χ1v) is 9.39. The molecule has 0 saturated heterocycles. The molecule has 0 heterocycles. The molecule has 0 amide bonds. The lowest BCUT2D eigenvalue weighted by atomic mass is 9.78. The maximum absolute atomic E-state index is 12.7. The van der Waals surface area contributed by atoms with Gasteiger partial charge in [0.05, 0.1) is 0 Å². The Balaban J connectivity index is 3.08. The standard InChI is InChI=1S/C22H36O2/c1-8-9-10-11-12-13-19(23)16-14-17(21(2,3)4)20(24)18(15-16)22(5,6)7/h14-15,24H,8-13H2,1-7H3. The molecule has 1 N–H and O–H groups in total. The highest BCUT2D eigenvalue weighted by molar-refractivity contribution is 5.96. The third kappa shape index (κ3) is 5.65. The van der Waals surface area contributed by atoms with Crippen LogP contribution in [0.25, 0.3) is 0 Å². The zero-order chi connectivity index (χ0) is 18.5. The van der Waals surface area contributed by atoms with Crippen LogP contribution in [0.1, 0.15) is 108 Å². The van der Waals surface area contributed by atoms with Gasteiger partial charge < -0.3 is 5.11 Å². The minimum atomic E-state index is -0.193. The number of hydrogen-bond donors (Lipinski definition) is 1. The molecule has 0 aliphatic heterocycles. The molecule has 0 aromatic heterocycles. The van der Waals surface area contributed by atoms with Crippen molar-refractivity contribution in [1.82, 2.24) is 0 Å². The van der Waals surface area contributed by atoms with Gasteiger partial charge in [0.15, 0.2) is 5.78 Å². The average Bonchev–Trinajstić information content (AvgIpc) is 2.44. The number of hydrogen-bond acceptors (Lipinski definition) is 2. The molecule has 0 aliphatic rings. The summed E-state index contributed by atoms with van der Waals surface area (Å²) in [5, 5.41) is 10.7. The first kappa shape index (κ1) is 20.7. The topological polar surface area (TPSA) is 37.3 Å². The van der Waals surface area contributed by atoms with Crippen LogP contribution in [0.2, 0.25) is 0 Å². The van der Waals surface area contributed by atoms with Gasteiger partial charge in [-0.15, -0.1) is 0 Å². The molecule has 0 atom stereocenters. The molecular weight excluding hydrogens is 296 g/mol. The Hall–Kier alpha value is -1.31. The molecular formula is C22H36O2. The molecule has 0 aliphatic carbocycles. The molecule has 0 unspecified atom stereocenters. The number of Topliss-reactive ketones (excluding diaryl/α,β-unsaturated/α-hetero) is 1. The molecule has 0 fully saturated rings. The Labute approximate surface area is 148 Å².